The van der Waals surface area contributed by atoms with Gasteiger partial charge in [0.1, 0.15) is 11.6 Å². The predicted octanol–water partition coefficient (Wildman–Crippen LogP) is 3.28. The Balaban J connectivity index is 0.00000392. The Morgan fingerprint density at radius 2 is 1.75 bits per heavy atom. The topological polar surface area (TPSA) is 70.6 Å². The maximum atomic E-state index is 13.7. The fourth-order valence-electron chi connectivity index (χ4n) is 2.40. The summed E-state index contributed by atoms with van der Waals surface area (Å²) < 4.78 is 49.8. The first kappa shape index (κ1) is 24.3. The van der Waals surface area contributed by atoms with Gasteiger partial charge in [-0.1, -0.05) is 12.1 Å². The molecule has 2 aromatic carbocycles. The van der Waals surface area contributed by atoms with Crippen LogP contribution in [0.1, 0.15) is 18.1 Å². The standard InChI is InChI=1S/C19H23F2N3O2S.HI/c1-3-22-19(24-13-15-12-16(20)6-9-18(15)21)23-11-10-14-4-7-17(8-5-14)27(2,25)26;/h4-9,12H,3,10-11,13H2,1-2H3,(H2,22,23,24);1H. The molecule has 0 aromatic heterocycles. The average molecular weight is 523 g/mol. The first-order valence-electron chi connectivity index (χ1n) is 8.54. The summed E-state index contributed by atoms with van der Waals surface area (Å²) >= 11 is 0. The second kappa shape index (κ2) is 11.3. The summed E-state index contributed by atoms with van der Waals surface area (Å²) in [5, 5.41) is 6.17. The normalized spacial score (nSPS) is 11.6. The van der Waals surface area contributed by atoms with E-state index < -0.39 is 21.5 Å². The molecule has 0 spiro atoms. The van der Waals surface area contributed by atoms with Gasteiger partial charge in [-0.15, -0.1) is 24.0 Å². The highest BCUT2D eigenvalue weighted by Crippen LogP contribution is 2.11. The number of benzene rings is 2. The van der Waals surface area contributed by atoms with Gasteiger partial charge in [-0.2, -0.15) is 0 Å². The quantitative estimate of drug-likeness (QED) is 0.332. The van der Waals surface area contributed by atoms with Crippen LogP contribution in [-0.2, 0) is 22.8 Å². The van der Waals surface area contributed by atoms with Gasteiger partial charge >= 0.3 is 0 Å². The van der Waals surface area contributed by atoms with Gasteiger partial charge in [0.05, 0.1) is 11.4 Å². The lowest BCUT2D eigenvalue weighted by Gasteiger charge is -2.12. The molecule has 28 heavy (non-hydrogen) atoms. The summed E-state index contributed by atoms with van der Waals surface area (Å²) in [6.45, 7) is 3.10. The van der Waals surface area contributed by atoms with E-state index in [1.54, 1.807) is 24.3 Å². The number of guanidine groups is 1. The van der Waals surface area contributed by atoms with E-state index in [1.807, 2.05) is 6.92 Å². The number of nitrogens with zero attached hydrogens (tertiary/aromatic N) is 1. The Kier molecular flexibility index (Phi) is 9.80. The average Bonchev–Trinajstić information content (AvgIpc) is 2.62. The van der Waals surface area contributed by atoms with Crippen molar-refractivity contribution in [1.82, 2.24) is 10.6 Å². The Labute approximate surface area is 181 Å². The van der Waals surface area contributed by atoms with Gasteiger partial charge in [0.25, 0.3) is 0 Å². The third kappa shape index (κ3) is 7.70. The molecule has 0 saturated carbocycles. The molecule has 0 radical (unpaired) electrons. The van der Waals surface area contributed by atoms with Gasteiger partial charge in [-0.05, 0) is 49.2 Å². The molecule has 154 valence electrons. The highest BCUT2D eigenvalue weighted by molar-refractivity contribution is 14.0. The largest absolute Gasteiger partial charge is 0.357 e. The van der Waals surface area contributed by atoms with Crippen LogP contribution in [0.15, 0.2) is 52.4 Å². The lowest BCUT2D eigenvalue weighted by atomic mass is 10.1. The molecule has 0 aliphatic carbocycles. The lowest BCUT2D eigenvalue weighted by Crippen LogP contribution is -2.38. The van der Waals surface area contributed by atoms with Crippen molar-refractivity contribution in [2.24, 2.45) is 4.99 Å². The van der Waals surface area contributed by atoms with E-state index in [0.29, 0.717) is 25.5 Å². The zero-order valence-electron chi connectivity index (χ0n) is 15.7. The summed E-state index contributed by atoms with van der Waals surface area (Å²) in [4.78, 5) is 4.56. The van der Waals surface area contributed by atoms with Crippen LogP contribution in [0.2, 0.25) is 0 Å². The summed E-state index contributed by atoms with van der Waals surface area (Å²) in [6.07, 6.45) is 1.83. The number of hydrogen-bond acceptors (Lipinski definition) is 3. The number of rotatable bonds is 7. The van der Waals surface area contributed by atoms with Gasteiger partial charge in [0, 0.05) is 24.9 Å². The molecule has 5 nitrogen and oxygen atoms in total. The number of hydrogen-bond donors (Lipinski definition) is 2. The molecule has 0 unspecified atom stereocenters. The third-order valence-electron chi connectivity index (χ3n) is 3.82. The summed E-state index contributed by atoms with van der Waals surface area (Å²) in [6, 6.07) is 9.98. The predicted molar refractivity (Wildman–Crippen MR) is 118 cm³/mol. The second-order valence-electron chi connectivity index (χ2n) is 6.02. The molecule has 0 fully saturated rings. The minimum atomic E-state index is -3.20. The first-order valence-corrected chi connectivity index (χ1v) is 10.4. The number of aliphatic imine (C=N–C) groups is 1. The molecule has 2 aromatic rings. The molecule has 0 atom stereocenters. The van der Waals surface area contributed by atoms with Crippen LogP contribution in [0, 0.1) is 11.6 Å². The van der Waals surface area contributed by atoms with E-state index in [9.17, 15) is 17.2 Å². The van der Waals surface area contributed by atoms with Crippen LogP contribution < -0.4 is 10.6 Å². The zero-order valence-corrected chi connectivity index (χ0v) is 18.9. The van der Waals surface area contributed by atoms with Crippen molar-refractivity contribution in [1.29, 1.82) is 0 Å². The summed E-state index contributed by atoms with van der Waals surface area (Å²) in [5.41, 5.74) is 1.16. The number of nitrogens with one attached hydrogen (secondary N) is 2. The van der Waals surface area contributed by atoms with Crippen molar-refractivity contribution in [3.63, 3.8) is 0 Å². The molecule has 0 saturated heterocycles. The van der Waals surface area contributed by atoms with Crippen LogP contribution in [0.25, 0.3) is 0 Å². The van der Waals surface area contributed by atoms with Crippen LogP contribution in [0.4, 0.5) is 8.78 Å². The fourth-order valence-corrected chi connectivity index (χ4v) is 3.03. The Bertz CT molecular complexity index is 904. The van der Waals surface area contributed by atoms with E-state index in [-0.39, 0.29) is 41.0 Å². The maximum absolute atomic E-state index is 13.7. The fraction of sp³-hybridized carbons (Fsp3) is 0.316. The third-order valence-corrected chi connectivity index (χ3v) is 4.95. The molecule has 0 heterocycles. The smallest absolute Gasteiger partial charge is 0.191 e. The number of sulfone groups is 1. The van der Waals surface area contributed by atoms with E-state index in [1.165, 1.54) is 6.26 Å². The molecule has 0 aliphatic rings. The highest BCUT2D eigenvalue weighted by Gasteiger charge is 2.07. The van der Waals surface area contributed by atoms with Gasteiger partial charge in [0.15, 0.2) is 15.8 Å². The van der Waals surface area contributed by atoms with Gasteiger partial charge in [0.2, 0.25) is 0 Å². The molecule has 0 amide bonds. The van der Waals surface area contributed by atoms with E-state index >= 15 is 0 Å². The maximum Gasteiger partial charge on any atom is 0.191 e. The van der Waals surface area contributed by atoms with Crippen molar-refractivity contribution >= 4 is 39.8 Å². The minimum Gasteiger partial charge on any atom is -0.357 e. The molecule has 0 bridgehead atoms. The van der Waals surface area contributed by atoms with E-state index in [4.69, 9.17) is 0 Å². The van der Waals surface area contributed by atoms with Crippen molar-refractivity contribution < 1.29 is 17.2 Å². The van der Waals surface area contributed by atoms with E-state index in [0.717, 1.165) is 23.8 Å². The minimum absolute atomic E-state index is 0. The second-order valence-corrected chi connectivity index (χ2v) is 8.04. The van der Waals surface area contributed by atoms with Crippen molar-refractivity contribution in [3.05, 3.63) is 65.2 Å². The first-order chi connectivity index (χ1) is 12.8. The molecule has 9 heteroatoms. The Hall–Kier alpha value is -1.75. The van der Waals surface area contributed by atoms with Crippen LogP contribution in [0.3, 0.4) is 0 Å². The highest BCUT2D eigenvalue weighted by atomic mass is 127. The lowest BCUT2D eigenvalue weighted by molar-refractivity contribution is 0.585. The van der Waals surface area contributed by atoms with Crippen molar-refractivity contribution in [3.8, 4) is 0 Å². The van der Waals surface area contributed by atoms with Crippen LogP contribution in [-0.4, -0.2) is 33.7 Å². The Morgan fingerprint density at radius 3 is 2.36 bits per heavy atom. The zero-order chi connectivity index (χ0) is 19.9. The van der Waals surface area contributed by atoms with Crippen molar-refractivity contribution in [2.75, 3.05) is 19.3 Å². The summed E-state index contributed by atoms with van der Waals surface area (Å²) in [7, 11) is -3.20. The van der Waals surface area contributed by atoms with E-state index in [2.05, 4.69) is 15.6 Å². The molecular formula is C19H24F2IN3O2S. The molecule has 2 rings (SSSR count). The Morgan fingerprint density at radius 1 is 1.07 bits per heavy atom. The monoisotopic (exact) mass is 523 g/mol. The van der Waals surface area contributed by atoms with Gasteiger partial charge in [-0.3, -0.25) is 0 Å². The van der Waals surface area contributed by atoms with Crippen LogP contribution in [0.5, 0.6) is 0 Å². The molecular weight excluding hydrogens is 499 g/mol. The molecule has 0 aliphatic heterocycles. The SMILES string of the molecule is CCNC(=NCc1cc(F)ccc1F)NCCc1ccc(S(C)(=O)=O)cc1.I. The number of halogens is 3. The van der Waals surface area contributed by atoms with Gasteiger partial charge < -0.3 is 10.6 Å². The van der Waals surface area contributed by atoms with Gasteiger partial charge in [-0.25, -0.2) is 22.2 Å². The van der Waals surface area contributed by atoms with Crippen molar-refractivity contribution in [2.45, 2.75) is 24.8 Å². The molecule has 2 N–H and O–H groups in total. The van der Waals surface area contributed by atoms with Crippen LogP contribution >= 0.6 is 24.0 Å². The summed E-state index contributed by atoms with van der Waals surface area (Å²) in [5.74, 6) is -0.506.